The molecule has 0 spiro atoms. The molecule has 0 atom stereocenters. The second kappa shape index (κ2) is 6.87. The molecule has 0 radical (unpaired) electrons. The van der Waals surface area contributed by atoms with Gasteiger partial charge in [-0.15, -0.1) is 0 Å². The van der Waals surface area contributed by atoms with Gasteiger partial charge in [0.1, 0.15) is 7.05 Å². The summed E-state index contributed by atoms with van der Waals surface area (Å²) in [6.45, 7) is 6.78. The molecule has 134 valence electrons. The van der Waals surface area contributed by atoms with Crippen molar-refractivity contribution in [3.63, 3.8) is 0 Å². The SMILES string of the molecule is Cc1cc(C2CCCCC2)cc(-c2c3ccccc3cc(C)[n+]2C)c1C. The van der Waals surface area contributed by atoms with Gasteiger partial charge in [0.15, 0.2) is 5.69 Å². The Morgan fingerprint density at radius 1 is 0.885 bits per heavy atom. The first kappa shape index (κ1) is 17.3. The van der Waals surface area contributed by atoms with Crippen LogP contribution >= 0.6 is 0 Å². The van der Waals surface area contributed by atoms with Gasteiger partial charge in [-0.25, -0.2) is 0 Å². The van der Waals surface area contributed by atoms with Gasteiger partial charge in [0, 0.05) is 13.0 Å². The zero-order valence-electron chi connectivity index (χ0n) is 16.6. The minimum Gasteiger partial charge on any atom is -0.198 e. The van der Waals surface area contributed by atoms with Gasteiger partial charge in [0.2, 0.25) is 5.69 Å². The fourth-order valence-corrected chi connectivity index (χ4v) is 4.65. The Morgan fingerprint density at radius 3 is 2.38 bits per heavy atom. The van der Waals surface area contributed by atoms with Gasteiger partial charge in [0.05, 0.1) is 10.9 Å². The molecule has 3 aromatic rings. The van der Waals surface area contributed by atoms with E-state index in [1.807, 2.05) is 0 Å². The highest BCUT2D eigenvalue weighted by Crippen LogP contribution is 2.37. The summed E-state index contributed by atoms with van der Waals surface area (Å²) in [6, 6.07) is 16.1. The number of rotatable bonds is 2. The summed E-state index contributed by atoms with van der Waals surface area (Å²) >= 11 is 0. The Bertz CT molecular complexity index is 962. The summed E-state index contributed by atoms with van der Waals surface area (Å²) in [5, 5.41) is 2.68. The molecule has 0 bridgehead atoms. The van der Waals surface area contributed by atoms with Crippen LogP contribution in [-0.4, -0.2) is 0 Å². The van der Waals surface area contributed by atoms with Crippen LogP contribution in [-0.2, 0) is 7.05 Å². The van der Waals surface area contributed by atoms with Gasteiger partial charge in [-0.2, -0.15) is 4.57 Å². The molecule has 0 aliphatic heterocycles. The largest absolute Gasteiger partial charge is 0.220 e. The van der Waals surface area contributed by atoms with Crippen molar-refractivity contribution in [2.24, 2.45) is 7.05 Å². The monoisotopic (exact) mass is 344 g/mol. The van der Waals surface area contributed by atoms with Crippen molar-refractivity contribution in [3.05, 3.63) is 64.8 Å². The zero-order chi connectivity index (χ0) is 18.3. The van der Waals surface area contributed by atoms with Gasteiger partial charge in [-0.05, 0) is 66.8 Å². The summed E-state index contributed by atoms with van der Waals surface area (Å²) in [5.41, 5.74) is 8.46. The third-order valence-electron chi connectivity index (χ3n) is 6.47. The molecular formula is C25H30N+. The molecule has 1 aliphatic rings. The summed E-state index contributed by atoms with van der Waals surface area (Å²) < 4.78 is 2.37. The van der Waals surface area contributed by atoms with Crippen LogP contribution in [0.2, 0.25) is 0 Å². The Balaban J connectivity index is 1.97. The van der Waals surface area contributed by atoms with E-state index >= 15 is 0 Å². The van der Waals surface area contributed by atoms with Crippen molar-refractivity contribution >= 4 is 10.8 Å². The topological polar surface area (TPSA) is 3.88 Å². The van der Waals surface area contributed by atoms with Crippen molar-refractivity contribution in [2.75, 3.05) is 0 Å². The molecule has 0 N–H and O–H groups in total. The second-order valence-electron chi connectivity index (χ2n) is 8.13. The van der Waals surface area contributed by atoms with E-state index in [1.165, 1.54) is 71.0 Å². The molecule has 1 aromatic heterocycles. The second-order valence-corrected chi connectivity index (χ2v) is 8.13. The van der Waals surface area contributed by atoms with E-state index < -0.39 is 0 Å². The summed E-state index contributed by atoms with van der Waals surface area (Å²) in [4.78, 5) is 0. The quantitative estimate of drug-likeness (QED) is 0.480. The Kier molecular flexibility index (Phi) is 4.56. The molecule has 0 saturated heterocycles. The highest BCUT2D eigenvalue weighted by Gasteiger charge is 2.23. The number of benzene rings is 2. The lowest BCUT2D eigenvalue weighted by molar-refractivity contribution is -0.665. The fraction of sp³-hybridized carbons (Fsp3) is 0.400. The number of hydrogen-bond donors (Lipinski definition) is 0. The Hall–Kier alpha value is -2.15. The normalized spacial score (nSPS) is 15.5. The predicted molar refractivity (Wildman–Crippen MR) is 111 cm³/mol. The lowest BCUT2D eigenvalue weighted by Gasteiger charge is -2.24. The fourth-order valence-electron chi connectivity index (χ4n) is 4.65. The Morgan fingerprint density at radius 2 is 1.62 bits per heavy atom. The van der Waals surface area contributed by atoms with Crippen LogP contribution in [0.15, 0.2) is 42.5 Å². The number of fused-ring (bicyclic) bond motifs is 1. The van der Waals surface area contributed by atoms with Gasteiger partial charge >= 0.3 is 0 Å². The molecule has 0 amide bonds. The van der Waals surface area contributed by atoms with Crippen LogP contribution in [0.4, 0.5) is 0 Å². The molecule has 1 nitrogen and oxygen atoms in total. The van der Waals surface area contributed by atoms with Crippen molar-refractivity contribution in [1.82, 2.24) is 0 Å². The highest BCUT2D eigenvalue weighted by molar-refractivity contribution is 5.94. The summed E-state index contributed by atoms with van der Waals surface area (Å²) in [6.07, 6.45) is 6.87. The number of nitrogens with zero attached hydrogens (tertiary/aromatic N) is 1. The van der Waals surface area contributed by atoms with Crippen LogP contribution in [0.5, 0.6) is 0 Å². The highest BCUT2D eigenvalue weighted by atomic mass is 14.9. The zero-order valence-corrected chi connectivity index (χ0v) is 16.6. The van der Waals surface area contributed by atoms with Crippen LogP contribution in [0.25, 0.3) is 22.0 Å². The third-order valence-corrected chi connectivity index (χ3v) is 6.47. The van der Waals surface area contributed by atoms with Crippen LogP contribution < -0.4 is 4.57 Å². The summed E-state index contributed by atoms with van der Waals surface area (Å²) in [5.74, 6) is 0.739. The van der Waals surface area contributed by atoms with Gasteiger partial charge in [0.25, 0.3) is 0 Å². The van der Waals surface area contributed by atoms with E-state index in [2.05, 4.69) is 74.9 Å². The van der Waals surface area contributed by atoms with E-state index in [1.54, 1.807) is 5.56 Å². The van der Waals surface area contributed by atoms with E-state index in [9.17, 15) is 0 Å². The maximum absolute atomic E-state index is 2.50. The van der Waals surface area contributed by atoms with E-state index in [0.717, 1.165) is 5.92 Å². The molecular weight excluding hydrogens is 314 g/mol. The molecule has 2 aromatic carbocycles. The predicted octanol–water partition coefficient (Wildman–Crippen LogP) is 6.30. The van der Waals surface area contributed by atoms with Gasteiger partial charge < -0.3 is 0 Å². The van der Waals surface area contributed by atoms with Crippen LogP contribution in [0.3, 0.4) is 0 Å². The summed E-state index contributed by atoms with van der Waals surface area (Å²) in [7, 11) is 2.21. The maximum Gasteiger partial charge on any atom is 0.220 e. The number of aromatic nitrogens is 1. The average Bonchev–Trinajstić information content (AvgIpc) is 2.66. The van der Waals surface area contributed by atoms with Crippen molar-refractivity contribution < 1.29 is 4.57 Å². The molecule has 1 saturated carbocycles. The molecule has 4 rings (SSSR count). The van der Waals surface area contributed by atoms with E-state index in [0.29, 0.717) is 0 Å². The lowest BCUT2D eigenvalue weighted by atomic mass is 9.81. The minimum atomic E-state index is 0.739. The van der Waals surface area contributed by atoms with Crippen LogP contribution in [0, 0.1) is 20.8 Å². The van der Waals surface area contributed by atoms with Crippen molar-refractivity contribution in [1.29, 1.82) is 0 Å². The first-order valence-electron chi connectivity index (χ1n) is 10.1. The van der Waals surface area contributed by atoms with Gasteiger partial charge in [-0.1, -0.05) is 43.5 Å². The van der Waals surface area contributed by atoms with Gasteiger partial charge in [-0.3, -0.25) is 0 Å². The molecule has 0 unspecified atom stereocenters. The van der Waals surface area contributed by atoms with Crippen LogP contribution in [0.1, 0.15) is 60.4 Å². The smallest absolute Gasteiger partial charge is 0.198 e. The molecule has 1 heterocycles. The standard InChI is InChI=1S/C25H30N/c1-17-14-22(20-10-6-5-7-11-20)16-24(19(17)3)25-23-13-9-8-12-21(23)15-18(2)26(25)4/h8-9,12-16,20H,5-7,10-11H2,1-4H3/q+1. The van der Waals surface area contributed by atoms with Crippen molar-refractivity contribution in [3.8, 4) is 11.3 Å². The first-order chi connectivity index (χ1) is 12.6. The average molecular weight is 345 g/mol. The van der Waals surface area contributed by atoms with E-state index in [-0.39, 0.29) is 0 Å². The number of aryl methyl sites for hydroxylation is 2. The molecule has 1 heteroatoms. The van der Waals surface area contributed by atoms with Crippen molar-refractivity contribution in [2.45, 2.75) is 58.8 Å². The molecule has 1 aliphatic carbocycles. The minimum absolute atomic E-state index is 0.739. The molecule has 1 fully saturated rings. The number of pyridine rings is 1. The number of hydrogen-bond acceptors (Lipinski definition) is 0. The third kappa shape index (κ3) is 2.94. The molecule has 26 heavy (non-hydrogen) atoms. The lowest BCUT2D eigenvalue weighted by Crippen LogP contribution is -2.35. The Labute approximate surface area is 157 Å². The first-order valence-corrected chi connectivity index (χ1v) is 10.1. The van der Waals surface area contributed by atoms with E-state index in [4.69, 9.17) is 0 Å². The maximum atomic E-state index is 2.50.